The van der Waals surface area contributed by atoms with Crippen molar-refractivity contribution in [2.75, 3.05) is 6.54 Å². The van der Waals surface area contributed by atoms with Crippen LogP contribution in [0.2, 0.25) is 0 Å². The van der Waals surface area contributed by atoms with E-state index in [9.17, 15) is 4.79 Å². The number of carboxylic acids is 1. The summed E-state index contributed by atoms with van der Waals surface area (Å²) in [6.07, 6.45) is 0. The summed E-state index contributed by atoms with van der Waals surface area (Å²) in [6.45, 7) is 3.93. The molecule has 0 saturated heterocycles. The molecule has 3 N–H and O–H groups in total. The highest BCUT2D eigenvalue weighted by Crippen LogP contribution is 1.74. The van der Waals surface area contributed by atoms with Crippen LogP contribution in [0.5, 0.6) is 0 Å². The number of carbonyl (C=O) groups is 1. The minimum Gasteiger partial charge on any atom is -0.477 e. The minimum atomic E-state index is -1.07. The molecule has 6 heteroatoms. The van der Waals surface area contributed by atoms with E-state index in [-0.39, 0.29) is 5.71 Å². The van der Waals surface area contributed by atoms with Crippen molar-refractivity contribution in [3.05, 3.63) is 0 Å². The third-order valence-corrected chi connectivity index (χ3v) is 1.21. The Hall–Kier alpha value is -1.17. The van der Waals surface area contributed by atoms with Gasteiger partial charge in [0.1, 0.15) is 5.71 Å². The van der Waals surface area contributed by atoms with Gasteiger partial charge in [-0.1, -0.05) is 0 Å². The van der Waals surface area contributed by atoms with E-state index in [4.69, 9.17) is 17.3 Å². The summed E-state index contributed by atoms with van der Waals surface area (Å²) in [7, 11) is 0. The Morgan fingerprint density at radius 3 is 2.67 bits per heavy atom. The van der Waals surface area contributed by atoms with Crippen molar-refractivity contribution in [2.45, 2.75) is 13.8 Å². The summed E-state index contributed by atoms with van der Waals surface area (Å²) in [5.74, 6) is -1.07. The Bertz CT molecular complexity index is 215. The monoisotopic (exact) mass is 189 g/mol. The van der Waals surface area contributed by atoms with Gasteiger partial charge in [0.15, 0.2) is 5.11 Å². The first-order valence-corrected chi connectivity index (χ1v) is 3.80. The highest BCUT2D eigenvalue weighted by Gasteiger charge is 2.00. The van der Waals surface area contributed by atoms with Crippen LogP contribution in [0.25, 0.3) is 0 Å². The van der Waals surface area contributed by atoms with Crippen LogP contribution in [0.15, 0.2) is 5.10 Å². The molecule has 0 unspecified atom stereocenters. The molecule has 0 atom stereocenters. The molecule has 0 aliphatic rings. The summed E-state index contributed by atoms with van der Waals surface area (Å²) in [6, 6.07) is 0. The molecule has 5 nitrogen and oxygen atoms in total. The number of nitrogens with zero attached hydrogens (tertiary/aromatic N) is 1. The molecule has 0 bridgehead atoms. The average molecular weight is 189 g/mol. The summed E-state index contributed by atoms with van der Waals surface area (Å²) < 4.78 is 0. The standard InChI is InChI=1S/C6H11N3O2S/c1-3-7-6(12)9-8-4(2)5(10)11/h3H2,1-2H3,(H,10,11)(H2,7,9,12). The number of nitrogens with one attached hydrogen (secondary N) is 2. The highest BCUT2D eigenvalue weighted by atomic mass is 32.1. The fraction of sp³-hybridized carbons (Fsp3) is 0.500. The number of aliphatic carboxylic acids is 1. The molecule has 0 heterocycles. The SMILES string of the molecule is CCNC(=S)NN=C(C)C(=O)O. The molecule has 0 amide bonds. The lowest BCUT2D eigenvalue weighted by Gasteiger charge is -2.02. The van der Waals surface area contributed by atoms with Gasteiger partial charge < -0.3 is 10.4 Å². The smallest absolute Gasteiger partial charge is 0.351 e. The molecule has 68 valence electrons. The number of hydrogen-bond donors (Lipinski definition) is 3. The Balaban J connectivity index is 3.87. The topological polar surface area (TPSA) is 73.7 Å². The van der Waals surface area contributed by atoms with Gasteiger partial charge in [0, 0.05) is 6.54 Å². The first-order valence-electron chi connectivity index (χ1n) is 3.39. The van der Waals surface area contributed by atoms with Gasteiger partial charge in [-0.15, -0.1) is 0 Å². The number of rotatable bonds is 3. The summed E-state index contributed by atoms with van der Waals surface area (Å²) in [5.41, 5.74) is 2.36. The third-order valence-electron chi connectivity index (χ3n) is 0.972. The molecule has 0 rings (SSSR count). The van der Waals surface area contributed by atoms with E-state index in [0.29, 0.717) is 11.7 Å². The first-order chi connectivity index (χ1) is 5.57. The molecule has 0 spiro atoms. The maximum absolute atomic E-state index is 10.2. The van der Waals surface area contributed by atoms with Gasteiger partial charge in [-0.05, 0) is 26.1 Å². The van der Waals surface area contributed by atoms with Crippen LogP contribution in [-0.4, -0.2) is 28.4 Å². The van der Waals surface area contributed by atoms with Crippen molar-refractivity contribution < 1.29 is 9.90 Å². The van der Waals surface area contributed by atoms with E-state index in [1.165, 1.54) is 6.92 Å². The second-order valence-electron chi connectivity index (χ2n) is 1.97. The van der Waals surface area contributed by atoms with E-state index in [0.717, 1.165) is 0 Å². The zero-order valence-corrected chi connectivity index (χ0v) is 7.73. The second-order valence-corrected chi connectivity index (χ2v) is 2.38. The van der Waals surface area contributed by atoms with Crippen LogP contribution in [0.3, 0.4) is 0 Å². The zero-order chi connectivity index (χ0) is 9.56. The van der Waals surface area contributed by atoms with Gasteiger partial charge in [0.05, 0.1) is 0 Å². The predicted molar refractivity (Wildman–Crippen MR) is 50.2 cm³/mol. The first kappa shape index (κ1) is 10.8. The Morgan fingerprint density at radius 2 is 2.25 bits per heavy atom. The van der Waals surface area contributed by atoms with Gasteiger partial charge in [-0.25, -0.2) is 4.79 Å². The molecule has 0 aliphatic carbocycles. The Labute approximate surface area is 75.8 Å². The van der Waals surface area contributed by atoms with Crippen molar-refractivity contribution in [3.8, 4) is 0 Å². The Kier molecular flexibility index (Phi) is 4.94. The van der Waals surface area contributed by atoms with Gasteiger partial charge >= 0.3 is 5.97 Å². The maximum Gasteiger partial charge on any atom is 0.351 e. The van der Waals surface area contributed by atoms with Crippen molar-refractivity contribution in [1.82, 2.24) is 10.7 Å². The largest absolute Gasteiger partial charge is 0.477 e. The molecule has 0 fully saturated rings. The van der Waals surface area contributed by atoms with Crippen molar-refractivity contribution in [1.29, 1.82) is 0 Å². The lowest BCUT2D eigenvalue weighted by Crippen LogP contribution is -2.32. The lowest BCUT2D eigenvalue weighted by molar-refractivity contribution is -0.129. The molecular weight excluding hydrogens is 178 g/mol. The van der Waals surface area contributed by atoms with Crippen LogP contribution in [-0.2, 0) is 4.79 Å². The third kappa shape index (κ3) is 4.62. The van der Waals surface area contributed by atoms with Crippen LogP contribution in [0, 0.1) is 0 Å². The van der Waals surface area contributed by atoms with Gasteiger partial charge in [-0.3, -0.25) is 5.43 Å². The van der Waals surface area contributed by atoms with Gasteiger partial charge in [0.2, 0.25) is 0 Å². The van der Waals surface area contributed by atoms with Crippen LogP contribution >= 0.6 is 12.2 Å². The molecular formula is C6H11N3O2S. The maximum atomic E-state index is 10.2. The van der Waals surface area contributed by atoms with Crippen LogP contribution < -0.4 is 10.7 Å². The molecule has 0 radical (unpaired) electrons. The van der Waals surface area contributed by atoms with Crippen molar-refractivity contribution >= 4 is 29.0 Å². The normalized spacial score (nSPS) is 10.7. The summed E-state index contributed by atoms with van der Waals surface area (Å²) >= 11 is 4.74. The number of thiocarbonyl (C=S) groups is 1. The van der Waals surface area contributed by atoms with E-state index < -0.39 is 5.97 Å². The molecule has 0 aromatic carbocycles. The van der Waals surface area contributed by atoms with Crippen molar-refractivity contribution in [2.24, 2.45) is 5.10 Å². The molecule has 0 aromatic rings. The average Bonchev–Trinajstić information content (AvgIpc) is 2.00. The van der Waals surface area contributed by atoms with E-state index >= 15 is 0 Å². The van der Waals surface area contributed by atoms with E-state index in [2.05, 4.69) is 15.8 Å². The highest BCUT2D eigenvalue weighted by molar-refractivity contribution is 7.80. The Morgan fingerprint density at radius 1 is 1.67 bits per heavy atom. The summed E-state index contributed by atoms with van der Waals surface area (Å²) in [5, 5.41) is 15.0. The fourth-order valence-corrected chi connectivity index (χ4v) is 0.573. The van der Waals surface area contributed by atoms with Crippen LogP contribution in [0.1, 0.15) is 13.8 Å². The fourth-order valence-electron chi connectivity index (χ4n) is 0.383. The molecule has 0 aromatic heterocycles. The molecule has 0 saturated carbocycles. The summed E-state index contributed by atoms with van der Waals surface area (Å²) in [4.78, 5) is 10.2. The lowest BCUT2D eigenvalue weighted by atomic mass is 10.4. The predicted octanol–water partition coefficient (Wildman–Crippen LogP) is -0.0691. The molecule has 12 heavy (non-hydrogen) atoms. The van der Waals surface area contributed by atoms with Crippen LogP contribution in [0.4, 0.5) is 0 Å². The quantitative estimate of drug-likeness (QED) is 0.329. The van der Waals surface area contributed by atoms with E-state index in [1.807, 2.05) is 6.92 Å². The zero-order valence-electron chi connectivity index (χ0n) is 6.92. The van der Waals surface area contributed by atoms with Gasteiger partial charge in [-0.2, -0.15) is 5.10 Å². The molecule has 0 aliphatic heterocycles. The minimum absolute atomic E-state index is 0.0322. The van der Waals surface area contributed by atoms with Crippen molar-refractivity contribution in [3.63, 3.8) is 0 Å². The van der Waals surface area contributed by atoms with E-state index in [1.54, 1.807) is 0 Å². The van der Waals surface area contributed by atoms with Gasteiger partial charge in [0.25, 0.3) is 0 Å². The second kappa shape index (κ2) is 5.48. The number of hydrazone groups is 1. The number of hydrogen-bond acceptors (Lipinski definition) is 3. The number of carboxylic acid groups (broad SMARTS) is 1.